The van der Waals surface area contributed by atoms with Gasteiger partial charge in [-0.15, -0.1) is 0 Å². The van der Waals surface area contributed by atoms with Crippen LogP contribution in [-0.4, -0.2) is 5.11 Å². The van der Waals surface area contributed by atoms with Gasteiger partial charge in [-0.3, -0.25) is 0 Å². The number of benzene rings is 1. The Kier molecular flexibility index (Phi) is 1.58. The fourth-order valence-electron chi connectivity index (χ4n) is 1.64. The lowest BCUT2D eigenvalue weighted by molar-refractivity contribution is 0.253. The van der Waals surface area contributed by atoms with Crippen molar-refractivity contribution in [3.05, 3.63) is 29.8 Å². The molecule has 0 amide bonds. The Hall–Kier alpha value is -1.02. The predicted octanol–water partition coefficient (Wildman–Crippen LogP) is 1.73. The van der Waals surface area contributed by atoms with E-state index in [1.807, 2.05) is 12.1 Å². The first-order valence-electron chi connectivity index (χ1n) is 4.29. The van der Waals surface area contributed by atoms with E-state index in [2.05, 4.69) is 0 Å². The largest absolute Gasteiger partial charge is 0.508 e. The Morgan fingerprint density at radius 1 is 1.17 bits per heavy atom. The van der Waals surface area contributed by atoms with Gasteiger partial charge in [0.2, 0.25) is 0 Å². The Morgan fingerprint density at radius 3 is 2.17 bits per heavy atom. The highest BCUT2D eigenvalue weighted by atomic mass is 16.3. The van der Waals surface area contributed by atoms with Crippen molar-refractivity contribution in [1.29, 1.82) is 0 Å². The molecule has 0 radical (unpaired) electrons. The van der Waals surface area contributed by atoms with E-state index in [1.165, 1.54) is 6.42 Å². The number of rotatable bonds is 1. The number of hydrogen-bond donors (Lipinski definition) is 2. The highest BCUT2D eigenvalue weighted by molar-refractivity contribution is 5.32. The summed E-state index contributed by atoms with van der Waals surface area (Å²) in [6, 6.07) is 7.22. The lowest BCUT2D eigenvalue weighted by Crippen LogP contribution is -2.43. The molecule has 0 saturated heterocycles. The van der Waals surface area contributed by atoms with Gasteiger partial charge in [0.25, 0.3) is 0 Å². The topological polar surface area (TPSA) is 46.2 Å². The summed E-state index contributed by atoms with van der Waals surface area (Å²) in [4.78, 5) is 0. The van der Waals surface area contributed by atoms with E-state index in [1.54, 1.807) is 12.1 Å². The van der Waals surface area contributed by atoms with Crippen molar-refractivity contribution < 1.29 is 5.11 Å². The second-order valence-electron chi connectivity index (χ2n) is 3.56. The standard InChI is InChI=1S/C10H13NO/c11-10(6-1-7-10)8-2-4-9(12)5-3-8/h2-5,12H,1,6-7,11H2. The maximum Gasteiger partial charge on any atom is 0.115 e. The quantitative estimate of drug-likeness (QED) is 0.662. The molecule has 2 heteroatoms. The van der Waals surface area contributed by atoms with Crippen LogP contribution in [0.4, 0.5) is 0 Å². The first-order chi connectivity index (χ1) is 5.71. The molecular formula is C10H13NO. The average Bonchev–Trinajstić information content (AvgIpc) is 2.02. The van der Waals surface area contributed by atoms with Crippen LogP contribution in [0.25, 0.3) is 0 Å². The van der Waals surface area contributed by atoms with Gasteiger partial charge >= 0.3 is 0 Å². The third kappa shape index (κ3) is 1.08. The minimum absolute atomic E-state index is 0.103. The zero-order chi connectivity index (χ0) is 8.60. The highest BCUT2D eigenvalue weighted by Crippen LogP contribution is 2.38. The zero-order valence-electron chi connectivity index (χ0n) is 6.96. The fraction of sp³-hybridized carbons (Fsp3) is 0.400. The summed E-state index contributed by atoms with van der Waals surface area (Å²) < 4.78 is 0. The molecule has 0 atom stereocenters. The van der Waals surface area contributed by atoms with E-state index in [4.69, 9.17) is 10.8 Å². The molecule has 2 rings (SSSR count). The van der Waals surface area contributed by atoms with E-state index < -0.39 is 0 Å². The third-order valence-corrected chi connectivity index (χ3v) is 2.69. The van der Waals surface area contributed by atoms with Crippen LogP contribution < -0.4 is 5.73 Å². The maximum absolute atomic E-state index is 9.07. The van der Waals surface area contributed by atoms with Crippen molar-refractivity contribution in [2.24, 2.45) is 5.73 Å². The van der Waals surface area contributed by atoms with Crippen molar-refractivity contribution in [2.45, 2.75) is 24.8 Å². The van der Waals surface area contributed by atoms with Crippen molar-refractivity contribution in [3.63, 3.8) is 0 Å². The number of hydrogen-bond acceptors (Lipinski definition) is 2. The van der Waals surface area contributed by atoms with Crippen LogP contribution in [0, 0.1) is 0 Å². The predicted molar refractivity (Wildman–Crippen MR) is 47.8 cm³/mol. The van der Waals surface area contributed by atoms with Crippen LogP contribution in [0.2, 0.25) is 0 Å². The molecular weight excluding hydrogens is 150 g/mol. The number of nitrogens with two attached hydrogens (primary N) is 1. The summed E-state index contributed by atoms with van der Waals surface area (Å²) in [5.41, 5.74) is 7.13. The van der Waals surface area contributed by atoms with Gasteiger partial charge in [-0.1, -0.05) is 12.1 Å². The van der Waals surface area contributed by atoms with E-state index in [0.717, 1.165) is 18.4 Å². The normalized spacial score (nSPS) is 20.1. The Labute approximate surface area is 72.0 Å². The molecule has 3 N–H and O–H groups in total. The van der Waals surface area contributed by atoms with Crippen LogP contribution in [-0.2, 0) is 5.54 Å². The van der Waals surface area contributed by atoms with Crippen LogP contribution in [0.3, 0.4) is 0 Å². The molecule has 2 nitrogen and oxygen atoms in total. The molecule has 0 unspecified atom stereocenters. The highest BCUT2D eigenvalue weighted by Gasteiger charge is 2.33. The molecule has 0 heterocycles. The second kappa shape index (κ2) is 2.49. The van der Waals surface area contributed by atoms with E-state index in [-0.39, 0.29) is 5.54 Å². The van der Waals surface area contributed by atoms with Crippen molar-refractivity contribution >= 4 is 0 Å². The van der Waals surface area contributed by atoms with Crippen molar-refractivity contribution in [1.82, 2.24) is 0 Å². The molecule has 0 aliphatic heterocycles. The van der Waals surface area contributed by atoms with Gasteiger partial charge in [0.05, 0.1) is 0 Å². The van der Waals surface area contributed by atoms with E-state index in [0.29, 0.717) is 5.75 Å². The van der Waals surface area contributed by atoms with Gasteiger partial charge < -0.3 is 10.8 Å². The molecule has 0 spiro atoms. The Morgan fingerprint density at radius 2 is 1.75 bits per heavy atom. The molecule has 1 aromatic rings. The van der Waals surface area contributed by atoms with Crippen molar-refractivity contribution in [2.75, 3.05) is 0 Å². The molecule has 12 heavy (non-hydrogen) atoms. The van der Waals surface area contributed by atoms with Gasteiger partial charge in [0, 0.05) is 5.54 Å². The molecule has 0 bridgehead atoms. The first-order valence-corrected chi connectivity index (χ1v) is 4.29. The average molecular weight is 163 g/mol. The van der Waals surface area contributed by atoms with Crippen LogP contribution in [0.1, 0.15) is 24.8 Å². The number of phenolic OH excluding ortho intramolecular Hbond substituents is 1. The smallest absolute Gasteiger partial charge is 0.115 e. The summed E-state index contributed by atoms with van der Waals surface area (Å²) in [6.45, 7) is 0. The Bertz CT molecular complexity index is 274. The second-order valence-corrected chi connectivity index (χ2v) is 3.56. The van der Waals surface area contributed by atoms with E-state index in [9.17, 15) is 0 Å². The monoisotopic (exact) mass is 163 g/mol. The lowest BCUT2D eigenvalue weighted by Gasteiger charge is -2.38. The molecule has 1 aromatic carbocycles. The summed E-state index contributed by atoms with van der Waals surface area (Å²) >= 11 is 0. The van der Waals surface area contributed by atoms with E-state index >= 15 is 0 Å². The number of phenols is 1. The van der Waals surface area contributed by atoms with Gasteiger partial charge in [-0.25, -0.2) is 0 Å². The zero-order valence-corrected chi connectivity index (χ0v) is 6.96. The first kappa shape index (κ1) is 7.62. The minimum Gasteiger partial charge on any atom is -0.508 e. The summed E-state index contributed by atoms with van der Waals surface area (Å²) in [7, 11) is 0. The summed E-state index contributed by atoms with van der Waals surface area (Å²) in [5.74, 6) is 0.307. The van der Waals surface area contributed by atoms with Gasteiger partial charge in [-0.2, -0.15) is 0 Å². The van der Waals surface area contributed by atoms with Crippen LogP contribution >= 0.6 is 0 Å². The van der Waals surface area contributed by atoms with Gasteiger partial charge in [0.15, 0.2) is 0 Å². The fourth-order valence-corrected chi connectivity index (χ4v) is 1.64. The molecule has 64 valence electrons. The molecule has 1 fully saturated rings. The summed E-state index contributed by atoms with van der Waals surface area (Å²) in [5, 5.41) is 9.07. The summed E-state index contributed by atoms with van der Waals surface area (Å²) in [6.07, 6.45) is 3.35. The van der Waals surface area contributed by atoms with Gasteiger partial charge in [0.1, 0.15) is 5.75 Å². The van der Waals surface area contributed by atoms with Gasteiger partial charge in [-0.05, 0) is 37.0 Å². The van der Waals surface area contributed by atoms with Crippen LogP contribution in [0.5, 0.6) is 5.75 Å². The third-order valence-electron chi connectivity index (χ3n) is 2.69. The number of aromatic hydroxyl groups is 1. The minimum atomic E-state index is -0.103. The molecule has 1 aliphatic rings. The van der Waals surface area contributed by atoms with Crippen molar-refractivity contribution in [3.8, 4) is 5.75 Å². The SMILES string of the molecule is NC1(c2ccc(O)cc2)CCC1. The maximum atomic E-state index is 9.07. The molecule has 0 aromatic heterocycles. The molecule has 1 saturated carbocycles. The van der Waals surface area contributed by atoms with Crippen LogP contribution in [0.15, 0.2) is 24.3 Å². The molecule has 1 aliphatic carbocycles. The lowest BCUT2D eigenvalue weighted by atomic mass is 9.73. The Balaban J connectivity index is 2.28.